The second-order valence-electron chi connectivity index (χ2n) is 13.8. The molecule has 4 amide bonds. The summed E-state index contributed by atoms with van der Waals surface area (Å²) in [6.45, 7) is 1.66. The molecule has 0 spiro atoms. The van der Waals surface area contributed by atoms with Crippen molar-refractivity contribution in [3.8, 4) is 28.6 Å². The summed E-state index contributed by atoms with van der Waals surface area (Å²) in [5.41, 5.74) is 4.45. The zero-order valence-electron chi connectivity index (χ0n) is 32.9. The number of benzene rings is 5. The molecule has 0 aliphatic carbocycles. The average Bonchev–Trinajstić information content (AvgIpc) is 3.95. The van der Waals surface area contributed by atoms with Gasteiger partial charge in [0.25, 0.3) is 17.7 Å². The molecule has 0 radical (unpaired) electrons. The highest BCUT2D eigenvalue weighted by Gasteiger charge is 2.24. The number of amides is 4. The SMILES string of the molecule is COc1c(NC(=O)c2ccc3nc(-c4ccc(NC(=O)[C@H](Cc5cn[nH]n5)NC(=O)c5ccc(NC(=O)/C(C)=C/c6ccc(O)cc6)cc5)cc4)[nH]c3c2)ccc(C(=O)O)c1O. The highest BCUT2D eigenvalue weighted by atomic mass is 16.5. The number of rotatable bonds is 14. The van der Waals surface area contributed by atoms with E-state index in [0.717, 1.165) is 11.6 Å². The van der Waals surface area contributed by atoms with E-state index in [-0.39, 0.29) is 46.2 Å². The number of imidazole rings is 1. The van der Waals surface area contributed by atoms with E-state index in [9.17, 15) is 39.3 Å². The van der Waals surface area contributed by atoms with Crippen LogP contribution in [0.3, 0.4) is 0 Å². The van der Waals surface area contributed by atoms with Crippen molar-refractivity contribution < 1.29 is 44.0 Å². The van der Waals surface area contributed by atoms with Crippen LogP contribution in [0.15, 0.2) is 115 Å². The molecule has 1 atom stereocenters. The highest BCUT2D eigenvalue weighted by Crippen LogP contribution is 2.37. The van der Waals surface area contributed by atoms with Crippen molar-refractivity contribution in [2.24, 2.45) is 0 Å². The number of hydrogen-bond donors (Lipinski definition) is 9. The standard InChI is InChI=1S/C44H37N9O9/c1-23(19-24-3-14-31(54)15-4-24)40(56)46-28-12-7-26(8-13-28)41(57)51-36(21-30-22-45-53-52-30)43(59)47-29-10-5-25(6-11-29)39-48-33-17-9-27(20-35(33)49-39)42(58)50-34-18-16-32(44(60)61)37(55)38(34)62-2/h3-20,22,36,54-55H,21H2,1-2H3,(H,46,56)(H,47,59)(H,48,49)(H,50,58)(H,51,57)(H,60,61)(H,45,52,53)/b23-19+/t36-/m0/s1. The summed E-state index contributed by atoms with van der Waals surface area (Å²) in [5.74, 6) is -3.53. The third-order valence-corrected chi connectivity index (χ3v) is 9.52. The van der Waals surface area contributed by atoms with Crippen molar-refractivity contribution in [1.29, 1.82) is 0 Å². The Morgan fingerprint density at radius 3 is 2.18 bits per heavy atom. The average molecular weight is 836 g/mol. The monoisotopic (exact) mass is 835 g/mol. The number of phenolic OH excluding ortho intramolecular Hbond substituents is 1. The van der Waals surface area contributed by atoms with Crippen LogP contribution in [0.4, 0.5) is 17.1 Å². The van der Waals surface area contributed by atoms with Crippen molar-refractivity contribution in [2.75, 3.05) is 23.1 Å². The smallest absolute Gasteiger partial charge is 0.339 e. The van der Waals surface area contributed by atoms with Crippen LogP contribution in [-0.4, -0.2) is 83.4 Å². The number of carboxylic acid groups (broad SMARTS) is 1. The van der Waals surface area contributed by atoms with Crippen molar-refractivity contribution in [3.05, 3.63) is 143 Å². The summed E-state index contributed by atoms with van der Waals surface area (Å²) in [6.07, 6.45) is 3.15. The maximum absolute atomic E-state index is 13.6. The number of aromatic nitrogens is 5. The van der Waals surface area contributed by atoms with E-state index in [1.165, 1.54) is 43.6 Å². The fourth-order valence-corrected chi connectivity index (χ4v) is 6.28. The molecule has 2 heterocycles. The Labute approximate surface area is 351 Å². The van der Waals surface area contributed by atoms with Crippen molar-refractivity contribution in [1.82, 2.24) is 30.7 Å². The molecule has 0 saturated heterocycles. The Hall–Kier alpha value is -8.80. The fraction of sp³-hybridized carbons (Fsp3) is 0.0909. The summed E-state index contributed by atoms with van der Waals surface area (Å²) in [6, 6.07) is 25.6. The van der Waals surface area contributed by atoms with Gasteiger partial charge in [-0.3, -0.25) is 19.2 Å². The Bertz CT molecular complexity index is 2840. The molecule has 5 aromatic carbocycles. The van der Waals surface area contributed by atoms with Gasteiger partial charge < -0.3 is 46.3 Å². The maximum Gasteiger partial charge on any atom is 0.339 e. The highest BCUT2D eigenvalue weighted by molar-refractivity contribution is 6.08. The molecule has 0 unspecified atom stereocenters. The molecule has 2 aromatic heterocycles. The van der Waals surface area contributed by atoms with Gasteiger partial charge in [0.1, 0.15) is 23.2 Å². The third kappa shape index (κ3) is 9.56. The van der Waals surface area contributed by atoms with E-state index in [1.807, 2.05) is 0 Å². The molecule has 0 fully saturated rings. The Morgan fingerprint density at radius 2 is 1.50 bits per heavy atom. The molecule has 18 heteroatoms. The number of nitrogens with one attached hydrogen (secondary N) is 6. The van der Waals surface area contributed by atoms with Crippen molar-refractivity contribution >= 4 is 63.8 Å². The van der Waals surface area contributed by atoms with Gasteiger partial charge in [-0.05, 0) is 110 Å². The van der Waals surface area contributed by atoms with Crippen LogP contribution in [0.5, 0.6) is 17.2 Å². The number of anilines is 3. The first-order valence-electron chi connectivity index (χ1n) is 18.7. The maximum atomic E-state index is 13.6. The van der Waals surface area contributed by atoms with E-state index in [4.69, 9.17) is 4.74 Å². The van der Waals surface area contributed by atoms with Crippen molar-refractivity contribution in [2.45, 2.75) is 19.4 Å². The van der Waals surface area contributed by atoms with Crippen LogP contribution in [-0.2, 0) is 16.0 Å². The zero-order valence-corrected chi connectivity index (χ0v) is 32.9. The van der Waals surface area contributed by atoms with E-state index in [1.54, 1.807) is 79.7 Å². The fourth-order valence-electron chi connectivity index (χ4n) is 6.28. The summed E-state index contributed by atoms with van der Waals surface area (Å²) in [5, 5.41) is 50.5. The Kier molecular flexibility index (Phi) is 12.0. The number of carbonyl (C=O) groups is 5. The largest absolute Gasteiger partial charge is 0.508 e. The lowest BCUT2D eigenvalue weighted by Gasteiger charge is -2.18. The number of methoxy groups -OCH3 is 1. The predicted octanol–water partition coefficient (Wildman–Crippen LogP) is 5.74. The van der Waals surface area contributed by atoms with Gasteiger partial charge in [0.05, 0.1) is 35.7 Å². The number of carbonyl (C=O) groups excluding carboxylic acids is 4. The number of H-pyrrole nitrogens is 2. The lowest BCUT2D eigenvalue weighted by molar-refractivity contribution is -0.118. The van der Waals surface area contributed by atoms with Crippen molar-refractivity contribution in [3.63, 3.8) is 0 Å². The van der Waals surface area contributed by atoms with Crippen LogP contribution >= 0.6 is 0 Å². The number of phenols is 2. The Balaban J connectivity index is 0.991. The van der Waals surface area contributed by atoms with Gasteiger partial charge in [-0.1, -0.05) is 12.1 Å². The number of aromatic hydroxyl groups is 2. The predicted molar refractivity (Wildman–Crippen MR) is 228 cm³/mol. The summed E-state index contributed by atoms with van der Waals surface area (Å²) in [7, 11) is 1.24. The minimum absolute atomic E-state index is 0.0267. The van der Waals surface area contributed by atoms with E-state index >= 15 is 0 Å². The van der Waals surface area contributed by atoms with Crippen LogP contribution < -0.4 is 26.0 Å². The van der Waals surface area contributed by atoms with Gasteiger partial charge in [0.15, 0.2) is 11.5 Å². The van der Waals surface area contributed by atoms with Crippen LogP contribution in [0.1, 0.15) is 49.3 Å². The zero-order chi connectivity index (χ0) is 43.9. The minimum atomic E-state index is -1.36. The third-order valence-electron chi connectivity index (χ3n) is 9.52. The topological polar surface area (TPSA) is 274 Å². The molecule has 0 bridgehead atoms. The quantitative estimate of drug-likeness (QED) is 0.0594. The molecular formula is C44H37N9O9. The Morgan fingerprint density at radius 1 is 0.806 bits per heavy atom. The number of hydrogen-bond acceptors (Lipinski definition) is 11. The van der Waals surface area contributed by atoms with Crippen LogP contribution in [0.25, 0.3) is 28.5 Å². The molecular weight excluding hydrogens is 799 g/mol. The van der Waals surface area contributed by atoms with Gasteiger partial charge in [-0.2, -0.15) is 15.4 Å². The first-order valence-corrected chi connectivity index (χ1v) is 18.7. The number of nitrogens with zero attached hydrogens (tertiary/aromatic N) is 3. The minimum Gasteiger partial charge on any atom is -0.508 e. The number of ether oxygens (including phenoxy) is 1. The second-order valence-corrected chi connectivity index (χ2v) is 13.8. The van der Waals surface area contributed by atoms with Gasteiger partial charge in [0.2, 0.25) is 5.91 Å². The molecule has 312 valence electrons. The first-order chi connectivity index (χ1) is 29.8. The lowest BCUT2D eigenvalue weighted by atomic mass is 10.1. The van der Waals surface area contributed by atoms with Gasteiger partial charge in [-0.25, -0.2) is 9.78 Å². The number of aromatic amines is 2. The first kappa shape index (κ1) is 41.4. The lowest BCUT2D eigenvalue weighted by Crippen LogP contribution is -2.45. The molecule has 0 aliphatic heterocycles. The normalized spacial score (nSPS) is 11.7. The van der Waals surface area contributed by atoms with Gasteiger partial charge >= 0.3 is 5.97 Å². The van der Waals surface area contributed by atoms with Crippen LogP contribution in [0, 0.1) is 0 Å². The number of fused-ring (bicyclic) bond motifs is 1. The summed E-state index contributed by atoms with van der Waals surface area (Å²) in [4.78, 5) is 72.1. The van der Waals surface area contributed by atoms with Gasteiger partial charge in [0, 0.05) is 40.1 Å². The molecule has 9 N–H and O–H groups in total. The number of carboxylic acids is 1. The van der Waals surface area contributed by atoms with E-state index < -0.39 is 35.5 Å². The second kappa shape index (κ2) is 18.0. The molecule has 7 rings (SSSR count). The molecule has 18 nitrogen and oxygen atoms in total. The molecule has 0 aliphatic rings. The molecule has 0 saturated carbocycles. The summed E-state index contributed by atoms with van der Waals surface area (Å²) < 4.78 is 5.15. The molecule has 7 aromatic rings. The number of aromatic carboxylic acids is 1. The van der Waals surface area contributed by atoms with Gasteiger partial charge in [-0.15, -0.1) is 0 Å². The van der Waals surface area contributed by atoms with E-state index in [0.29, 0.717) is 45.1 Å². The molecule has 62 heavy (non-hydrogen) atoms. The van der Waals surface area contributed by atoms with E-state index in [2.05, 4.69) is 46.6 Å². The van der Waals surface area contributed by atoms with Crippen LogP contribution in [0.2, 0.25) is 0 Å². The summed E-state index contributed by atoms with van der Waals surface area (Å²) >= 11 is 0.